The Balaban J connectivity index is 1.30. The molecule has 0 spiro atoms. The van der Waals surface area contributed by atoms with Crippen molar-refractivity contribution in [2.24, 2.45) is 5.73 Å². The number of nitrogens with zero attached hydrogens (tertiary/aromatic N) is 3. The van der Waals surface area contributed by atoms with E-state index in [1.807, 2.05) is 36.4 Å². The predicted octanol–water partition coefficient (Wildman–Crippen LogP) is 2.75. The number of piperidine rings is 2. The van der Waals surface area contributed by atoms with Crippen LogP contribution >= 0.6 is 0 Å². The van der Waals surface area contributed by atoms with E-state index in [9.17, 15) is 14.4 Å². The zero-order chi connectivity index (χ0) is 25.1. The van der Waals surface area contributed by atoms with Crippen LogP contribution in [-0.4, -0.2) is 76.7 Å². The minimum absolute atomic E-state index is 0.0815. The summed E-state index contributed by atoms with van der Waals surface area (Å²) < 4.78 is 0. The van der Waals surface area contributed by atoms with Gasteiger partial charge in [0.15, 0.2) is 0 Å². The van der Waals surface area contributed by atoms with E-state index in [2.05, 4.69) is 34.1 Å². The van der Waals surface area contributed by atoms with Crippen LogP contribution in [0.5, 0.6) is 0 Å². The highest BCUT2D eigenvalue weighted by Crippen LogP contribution is 2.35. The molecule has 2 aromatic carbocycles. The van der Waals surface area contributed by atoms with E-state index >= 15 is 0 Å². The Kier molecular flexibility index (Phi) is 7.21. The van der Waals surface area contributed by atoms with Gasteiger partial charge >= 0.3 is 0 Å². The largest absolute Gasteiger partial charge is 0.368 e. The molecule has 0 bridgehead atoms. The Morgan fingerprint density at radius 2 is 1.42 bits per heavy atom. The molecular formula is C29H36N4O3. The van der Waals surface area contributed by atoms with Crippen LogP contribution < -0.4 is 5.73 Å². The number of hydrogen-bond donors (Lipinski definition) is 1. The minimum Gasteiger partial charge on any atom is -0.368 e. The van der Waals surface area contributed by atoms with E-state index in [0.29, 0.717) is 32.5 Å². The van der Waals surface area contributed by atoms with Gasteiger partial charge in [-0.25, -0.2) is 0 Å². The van der Waals surface area contributed by atoms with Crippen LogP contribution in [0.3, 0.4) is 0 Å². The summed E-state index contributed by atoms with van der Waals surface area (Å²) in [5.74, 6) is -0.582. The van der Waals surface area contributed by atoms with E-state index in [1.54, 1.807) is 0 Å². The van der Waals surface area contributed by atoms with Crippen LogP contribution in [0, 0.1) is 0 Å². The lowest BCUT2D eigenvalue weighted by atomic mass is 9.83. The number of rotatable bonds is 7. The highest BCUT2D eigenvalue weighted by Gasteiger charge is 2.49. The highest BCUT2D eigenvalue weighted by molar-refractivity contribution is 6.05. The van der Waals surface area contributed by atoms with Gasteiger partial charge in [-0.1, -0.05) is 67.1 Å². The Morgan fingerprint density at radius 3 is 1.94 bits per heavy atom. The molecule has 3 amide bonds. The lowest BCUT2D eigenvalue weighted by Gasteiger charge is -2.48. The van der Waals surface area contributed by atoms with E-state index in [4.69, 9.17) is 5.73 Å². The van der Waals surface area contributed by atoms with Crippen molar-refractivity contribution in [2.75, 3.05) is 32.7 Å². The van der Waals surface area contributed by atoms with E-state index in [-0.39, 0.29) is 30.1 Å². The molecule has 190 valence electrons. The molecule has 0 aromatic heterocycles. The number of benzene rings is 2. The van der Waals surface area contributed by atoms with Crippen LogP contribution in [0.4, 0.5) is 0 Å². The lowest BCUT2D eigenvalue weighted by molar-refractivity contribution is -0.140. The standard InChI is InChI=1S/C29H36N4O3/c30-28(36)29(32-16-8-3-9-17-32)14-18-31(19-15-29)25-20-26(34)33(27(25)35)21-24(22-10-4-1-5-11-22)23-12-6-2-7-13-23/h1-2,4-7,10-13,24-25H,3,8-9,14-21H2,(H2,30,36). The third-order valence-electron chi connectivity index (χ3n) is 8.48. The molecule has 0 aliphatic carbocycles. The Labute approximate surface area is 213 Å². The summed E-state index contributed by atoms with van der Waals surface area (Å²) in [6.45, 7) is 3.32. The van der Waals surface area contributed by atoms with Crippen LogP contribution in [0.2, 0.25) is 0 Å². The summed E-state index contributed by atoms with van der Waals surface area (Å²) >= 11 is 0. The normalized spacial score (nSPS) is 23.4. The maximum Gasteiger partial charge on any atom is 0.247 e. The molecule has 0 radical (unpaired) electrons. The van der Waals surface area contributed by atoms with Gasteiger partial charge in [0.25, 0.3) is 0 Å². The molecule has 2 aromatic rings. The van der Waals surface area contributed by atoms with Crippen molar-refractivity contribution in [2.45, 2.75) is 56.0 Å². The highest BCUT2D eigenvalue weighted by atomic mass is 16.2. The molecule has 3 fully saturated rings. The van der Waals surface area contributed by atoms with Crippen molar-refractivity contribution in [3.05, 3.63) is 71.8 Å². The van der Waals surface area contributed by atoms with Gasteiger partial charge in [0.1, 0.15) is 5.54 Å². The van der Waals surface area contributed by atoms with Gasteiger partial charge in [0.2, 0.25) is 17.7 Å². The number of amides is 3. The summed E-state index contributed by atoms with van der Waals surface area (Å²) in [6.07, 6.45) is 4.79. The van der Waals surface area contributed by atoms with Crippen molar-refractivity contribution in [3.63, 3.8) is 0 Å². The molecule has 7 heteroatoms. The van der Waals surface area contributed by atoms with Gasteiger partial charge in [-0.2, -0.15) is 0 Å². The SMILES string of the molecule is NC(=O)C1(N2CCCCC2)CCN(C2CC(=O)N(CC(c3ccccc3)c3ccccc3)C2=O)CC1. The number of primary amides is 1. The number of carbonyl (C=O) groups excluding carboxylic acids is 3. The van der Waals surface area contributed by atoms with Crippen LogP contribution in [0.25, 0.3) is 0 Å². The molecule has 3 saturated heterocycles. The Bertz CT molecular complexity index is 1040. The van der Waals surface area contributed by atoms with E-state index in [1.165, 1.54) is 11.3 Å². The van der Waals surface area contributed by atoms with Gasteiger partial charge in [-0.15, -0.1) is 0 Å². The monoisotopic (exact) mass is 488 g/mol. The summed E-state index contributed by atoms with van der Waals surface area (Å²) in [7, 11) is 0. The second-order valence-corrected chi connectivity index (χ2v) is 10.4. The number of likely N-dealkylation sites (tertiary alicyclic amines) is 3. The molecule has 1 atom stereocenters. The fourth-order valence-corrected chi connectivity index (χ4v) is 6.35. The van der Waals surface area contributed by atoms with Gasteiger partial charge in [-0.05, 0) is 49.9 Å². The fraction of sp³-hybridized carbons (Fsp3) is 0.483. The van der Waals surface area contributed by atoms with Gasteiger partial charge in [0.05, 0.1) is 12.5 Å². The first kappa shape index (κ1) is 24.7. The number of imide groups is 1. The Morgan fingerprint density at radius 1 is 0.861 bits per heavy atom. The topological polar surface area (TPSA) is 87.0 Å². The summed E-state index contributed by atoms with van der Waals surface area (Å²) in [4.78, 5) is 45.1. The van der Waals surface area contributed by atoms with Crippen LogP contribution in [0.15, 0.2) is 60.7 Å². The predicted molar refractivity (Wildman–Crippen MR) is 138 cm³/mol. The maximum atomic E-state index is 13.6. The van der Waals surface area contributed by atoms with Crippen LogP contribution in [0.1, 0.15) is 55.6 Å². The van der Waals surface area contributed by atoms with Crippen molar-refractivity contribution in [3.8, 4) is 0 Å². The molecule has 7 nitrogen and oxygen atoms in total. The minimum atomic E-state index is -0.631. The summed E-state index contributed by atoms with van der Waals surface area (Å²) in [6, 6.07) is 19.6. The molecule has 0 saturated carbocycles. The number of carbonyl (C=O) groups is 3. The first-order valence-corrected chi connectivity index (χ1v) is 13.2. The van der Waals surface area contributed by atoms with Crippen molar-refractivity contribution in [1.29, 1.82) is 0 Å². The third-order valence-corrected chi connectivity index (χ3v) is 8.48. The van der Waals surface area contributed by atoms with Gasteiger partial charge in [-0.3, -0.25) is 29.1 Å². The second-order valence-electron chi connectivity index (χ2n) is 10.4. The van der Waals surface area contributed by atoms with Gasteiger partial charge in [0, 0.05) is 25.6 Å². The molecule has 1 unspecified atom stereocenters. The van der Waals surface area contributed by atoms with Crippen LogP contribution in [-0.2, 0) is 14.4 Å². The second kappa shape index (κ2) is 10.5. The van der Waals surface area contributed by atoms with Gasteiger partial charge < -0.3 is 5.73 Å². The average molecular weight is 489 g/mol. The van der Waals surface area contributed by atoms with Crippen molar-refractivity contribution in [1.82, 2.24) is 14.7 Å². The summed E-state index contributed by atoms with van der Waals surface area (Å²) in [5.41, 5.74) is 7.47. The fourth-order valence-electron chi connectivity index (χ4n) is 6.35. The molecule has 3 aliphatic heterocycles. The quantitative estimate of drug-likeness (QED) is 0.606. The van der Waals surface area contributed by atoms with Crippen molar-refractivity contribution >= 4 is 17.7 Å². The molecular weight excluding hydrogens is 452 g/mol. The average Bonchev–Trinajstić information content (AvgIpc) is 3.21. The molecule has 5 rings (SSSR count). The molecule has 2 N–H and O–H groups in total. The van der Waals surface area contributed by atoms with Crippen molar-refractivity contribution < 1.29 is 14.4 Å². The zero-order valence-corrected chi connectivity index (χ0v) is 20.9. The Hall–Kier alpha value is -3.03. The molecule has 36 heavy (non-hydrogen) atoms. The van der Waals surface area contributed by atoms with E-state index in [0.717, 1.165) is 37.1 Å². The number of hydrogen-bond acceptors (Lipinski definition) is 5. The smallest absolute Gasteiger partial charge is 0.247 e. The number of nitrogens with two attached hydrogens (primary N) is 1. The molecule has 3 aliphatic rings. The lowest BCUT2D eigenvalue weighted by Crippen LogP contribution is -2.64. The summed E-state index contributed by atoms with van der Waals surface area (Å²) in [5, 5.41) is 0. The molecule has 3 heterocycles. The first-order valence-electron chi connectivity index (χ1n) is 13.2. The zero-order valence-electron chi connectivity index (χ0n) is 20.9. The third kappa shape index (κ3) is 4.70. The first-order chi connectivity index (χ1) is 17.5. The maximum absolute atomic E-state index is 13.6. The van der Waals surface area contributed by atoms with E-state index < -0.39 is 11.6 Å².